The second kappa shape index (κ2) is 3.04. The van der Waals surface area contributed by atoms with Crippen molar-refractivity contribution in [3.05, 3.63) is 0 Å². The SMILES string of the molecule is CC1CCC(C(N)=O)CC1. The predicted molar refractivity (Wildman–Crippen MR) is 40.3 cm³/mol. The highest BCUT2D eigenvalue weighted by Crippen LogP contribution is 2.27. The Bertz CT molecular complexity index is 125. The summed E-state index contributed by atoms with van der Waals surface area (Å²) < 4.78 is 0. The molecular formula is C8H15NO. The fourth-order valence-corrected chi connectivity index (χ4v) is 1.54. The minimum Gasteiger partial charge on any atom is -0.369 e. The van der Waals surface area contributed by atoms with Crippen molar-refractivity contribution in [3.63, 3.8) is 0 Å². The van der Waals surface area contributed by atoms with Crippen molar-refractivity contribution < 1.29 is 4.79 Å². The molecule has 0 saturated heterocycles. The number of hydrogen-bond donors (Lipinski definition) is 1. The molecule has 2 heteroatoms. The standard InChI is InChI=1S/C8H15NO/c1-6-2-4-7(5-3-6)8(9)10/h6-7H,2-5H2,1H3,(H2,9,10). The van der Waals surface area contributed by atoms with Gasteiger partial charge < -0.3 is 5.73 Å². The minimum atomic E-state index is -0.105. The van der Waals surface area contributed by atoms with Crippen LogP contribution in [0.4, 0.5) is 0 Å². The Labute approximate surface area is 61.8 Å². The Morgan fingerprint density at radius 2 is 1.80 bits per heavy atom. The van der Waals surface area contributed by atoms with Gasteiger partial charge in [0.15, 0.2) is 0 Å². The van der Waals surface area contributed by atoms with Crippen LogP contribution in [0.5, 0.6) is 0 Å². The Balaban J connectivity index is 2.33. The third kappa shape index (κ3) is 1.72. The van der Waals surface area contributed by atoms with Gasteiger partial charge in [-0.3, -0.25) is 4.79 Å². The molecule has 0 aromatic rings. The van der Waals surface area contributed by atoms with Gasteiger partial charge in [0.25, 0.3) is 0 Å². The van der Waals surface area contributed by atoms with Crippen molar-refractivity contribution in [1.29, 1.82) is 0 Å². The van der Waals surface area contributed by atoms with E-state index >= 15 is 0 Å². The molecule has 0 heterocycles. The van der Waals surface area contributed by atoms with Gasteiger partial charge in [0.1, 0.15) is 0 Å². The summed E-state index contributed by atoms with van der Waals surface area (Å²) in [6.45, 7) is 2.23. The van der Waals surface area contributed by atoms with E-state index in [0.29, 0.717) is 0 Å². The maximum absolute atomic E-state index is 10.7. The van der Waals surface area contributed by atoms with E-state index < -0.39 is 0 Å². The van der Waals surface area contributed by atoms with Crippen LogP contribution in [-0.4, -0.2) is 5.91 Å². The summed E-state index contributed by atoms with van der Waals surface area (Å²) in [7, 11) is 0. The first-order valence-electron chi connectivity index (χ1n) is 3.99. The van der Waals surface area contributed by atoms with E-state index in [4.69, 9.17) is 5.73 Å². The topological polar surface area (TPSA) is 43.1 Å². The number of nitrogens with two attached hydrogens (primary N) is 1. The first-order valence-corrected chi connectivity index (χ1v) is 3.99. The molecular weight excluding hydrogens is 126 g/mol. The predicted octanol–water partition coefficient (Wildman–Crippen LogP) is 1.30. The lowest BCUT2D eigenvalue weighted by Gasteiger charge is -2.23. The van der Waals surface area contributed by atoms with Crippen LogP contribution >= 0.6 is 0 Å². The molecule has 1 aliphatic carbocycles. The maximum atomic E-state index is 10.7. The number of primary amides is 1. The molecule has 0 atom stereocenters. The van der Waals surface area contributed by atoms with Crippen molar-refractivity contribution in [2.75, 3.05) is 0 Å². The second-order valence-corrected chi connectivity index (χ2v) is 3.36. The first-order chi connectivity index (χ1) is 4.70. The van der Waals surface area contributed by atoms with Crippen molar-refractivity contribution in [2.24, 2.45) is 17.6 Å². The van der Waals surface area contributed by atoms with Gasteiger partial charge in [-0.1, -0.05) is 6.92 Å². The fraction of sp³-hybridized carbons (Fsp3) is 0.875. The summed E-state index contributed by atoms with van der Waals surface area (Å²) in [4.78, 5) is 10.7. The molecule has 0 bridgehead atoms. The van der Waals surface area contributed by atoms with Crippen LogP contribution in [0.2, 0.25) is 0 Å². The first kappa shape index (κ1) is 7.58. The summed E-state index contributed by atoms with van der Waals surface area (Å²) >= 11 is 0. The molecule has 0 unspecified atom stereocenters. The van der Waals surface area contributed by atoms with E-state index in [9.17, 15) is 4.79 Å². The minimum absolute atomic E-state index is 0.105. The van der Waals surface area contributed by atoms with Crippen LogP contribution in [0.25, 0.3) is 0 Å². The molecule has 1 saturated carbocycles. The highest BCUT2D eigenvalue weighted by Gasteiger charge is 2.21. The van der Waals surface area contributed by atoms with E-state index in [1.54, 1.807) is 0 Å². The van der Waals surface area contributed by atoms with Crippen LogP contribution < -0.4 is 5.73 Å². The van der Waals surface area contributed by atoms with Gasteiger partial charge in [-0.05, 0) is 31.6 Å². The lowest BCUT2D eigenvalue weighted by Crippen LogP contribution is -2.26. The zero-order valence-electron chi connectivity index (χ0n) is 6.47. The van der Waals surface area contributed by atoms with Gasteiger partial charge in [-0.25, -0.2) is 0 Å². The Morgan fingerprint density at radius 1 is 1.30 bits per heavy atom. The quantitative estimate of drug-likeness (QED) is 0.587. The maximum Gasteiger partial charge on any atom is 0.220 e. The van der Waals surface area contributed by atoms with Gasteiger partial charge in [0.05, 0.1) is 0 Å². The monoisotopic (exact) mass is 141 g/mol. The molecule has 0 aromatic carbocycles. The molecule has 1 aliphatic rings. The van der Waals surface area contributed by atoms with Crippen molar-refractivity contribution >= 4 is 5.91 Å². The number of amides is 1. The molecule has 0 radical (unpaired) electrons. The molecule has 0 spiro atoms. The third-order valence-corrected chi connectivity index (χ3v) is 2.42. The van der Waals surface area contributed by atoms with Crippen LogP contribution in [-0.2, 0) is 4.79 Å². The van der Waals surface area contributed by atoms with E-state index in [1.165, 1.54) is 12.8 Å². The highest BCUT2D eigenvalue weighted by atomic mass is 16.1. The largest absolute Gasteiger partial charge is 0.369 e. The van der Waals surface area contributed by atoms with Crippen LogP contribution in [0.3, 0.4) is 0 Å². The Kier molecular flexibility index (Phi) is 2.30. The van der Waals surface area contributed by atoms with Crippen LogP contribution in [0.1, 0.15) is 32.6 Å². The molecule has 10 heavy (non-hydrogen) atoms. The number of carbonyl (C=O) groups is 1. The van der Waals surface area contributed by atoms with Gasteiger partial charge >= 0.3 is 0 Å². The molecule has 2 nitrogen and oxygen atoms in total. The van der Waals surface area contributed by atoms with Crippen LogP contribution in [0, 0.1) is 11.8 Å². The zero-order valence-corrected chi connectivity index (χ0v) is 6.47. The summed E-state index contributed by atoms with van der Waals surface area (Å²) in [6, 6.07) is 0. The van der Waals surface area contributed by atoms with E-state index in [0.717, 1.165) is 18.8 Å². The molecule has 1 fully saturated rings. The molecule has 1 rings (SSSR count). The Hall–Kier alpha value is -0.530. The zero-order chi connectivity index (χ0) is 7.56. The highest BCUT2D eigenvalue weighted by molar-refractivity contribution is 5.76. The second-order valence-electron chi connectivity index (χ2n) is 3.36. The normalized spacial score (nSPS) is 33.7. The number of hydrogen-bond acceptors (Lipinski definition) is 1. The number of rotatable bonds is 1. The summed E-state index contributed by atoms with van der Waals surface area (Å²) in [6.07, 6.45) is 4.37. The fourth-order valence-electron chi connectivity index (χ4n) is 1.54. The Morgan fingerprint density at radius 3 is 2.20 bits per heavy atom. The average Bonchev–Trinajstić information content (AvgIpc) is 1.88. The average molecular weight is 141 g/mol. The lowest BCUT2D eigenvalue weighted by molar-refractivity contribution is -0.122. The van der Waals surface area contributed by atoms with Gasteiger partial charge in [-0.15, -0.1) is 0 Å². The summed E-state index contributed by atoms with van der Waals surface area (Å²) in [5.74, 6) is 0.874. The van der Waals surface area contributed by atoms with E-state index in [1.807, 2.05) is 0 Å². The van der Waals surface area contributed by atoms with Gasteiger partial charge in [0.2, 0.25) is 5.91 Å². The van der Waals surface area contributed by atoms with E-state index in [-0.39, 0.29) is 11.8 Å². The van der Waals surface area contributed by atoms with Crippen molar-refractivity contribution in [3.8, 4) is 0 Å². The molecule has 2 N–H and O–H groups in total. The van der Waals surface area contributed by atoms with E-state index in [2.05, 4.69) is 6.92 Å². The third-order valence-electron chi connectivity index (χ3n) is 2.42. The van der Waals surface area contributed by atoms with Gasteiger partial charge in [-0.2, -0.15) is 0 Å². The summed E-state index contributed by atoms with van der Waals surface area (Å²) in [5, 5.41) is 0. The smallest absolute Gasteiger partial charge is 0.220 e. The molecule has 0 aliphatic heterocycles. The number of carbonyl (C=O) groups excluding carboxylic acids is 1. The summed E-state index contributed by atoms with van der Waals surface area (Å²) in [5.41, 5.74) is 5.17. The molecule has 0 aromatic heterocycles. The van der Waals surface area contributed by atoms with Crippen LogP contribution in [0.15, 0.2) is 0 Å². The van der Waals surface area contributed by atoms with Crippen molar-refractivity contribution in [2.45, 2.75) is 32.6 Å². The molecule has 58 valence electrons. The molecule has 1 amide bonds. The van der Waals surface area contributed by atoms with Gasteiger partial charge in [0, 0.05) is 5.92 Å². The lowest BCUT2D eigenvalue weighted by atomic mass is 9.83. The van der Waals surface area contributed by atoms with Crippen molar-refractivity contribution in [1.82, 2.24) is 0 Å².